The minimum Gasteiger partial charge on any atom is -0.363 e. The molecule has 0 bridgehead atoms. The molecule has 248 valence electrons. The Labute approximate surface area is 262 Å². The fourth-order valence-corrected chi connectivity index (χ4v) is 6.40. The summed E-state index contributed by atoms with van der Waals surface area (Å²) >= 11 is 0. The van der Waals surface area contributed by atoms with Gasteiger partial charge < -0.3 is 31.5 Å². The third-order valence-corrected chi connectivity index (χ3v) is 9.27. The van der Waals surface area contributed by atoms with Crippen LogP contribution in [0.25, 0.3) is 0 Å². The maximum absolute atomic E-state index is 14.2. The standard InChI is InChI=1S/C32H54N6O6/c1-18(2)21-13-16-38(24(21)28(41)34-22(17-20-11-12-20)25(39)27(33)40)30(43)26(32(5,6)7)36-31(44)35-23(19(3)4)29(42)37-14-9-8-10-15-37/h18-24,26H,8-17H2,1-7H3,(H2,33,40)(H,34,41)(H2,35,36,44)/t21?,22?,23-,24-,26+/m0/s1. The second kappa shape index (κ2) is 14.7. The van der Waals surface area contributed by atoms with E-state index < -0.39 is 59.1 Å². The number of urea groups is 1. The molecule has 2 saturated heterocycles. The van der Waals surface area contributed by atoms with E-state index in [2.05, 4.69) is 16.0 Å². The quantitative estimate of drug-likeness (QED) is 0.244. The van der Waals surface area contributed by atoms with Crippen molar-refractivity contribution >= 4 is 35.4 Å². The Morgan fingerprint density at radius 3 is 1.93 bits per heavy atom. The van der Waals surface area contributed by atoms with Crippen LogP contribution in [0.1, 0.15) is 93.4 Å². The van der Waals surface area contributed by atoms with Gasteiger partial charge in [-0.25, -0.2) is 4.79 Å². The van der Waals surface area contributed by atoms with E-state index in [9.17, 15) is 28.8 Å². The predicted octanol–water partition coefficient (Wildman–Crippen LogP) is 1.95. The normalized spacial score (nSPS) is 22.8. The molecule has 2 heterocycles. The number of primary amides is 1. The predicted molar refractivity (Wildman–Crippen MR) is 166 cm³/mol. The van der Waals surface area contributed by atoms with E-state index in [0.29, 0.717) is 32.5 Å². The topological polar surface area (TPSA) is 171 Å². The molecule has 2 unspecified atom stereocenters. The summed E-state index contributed by atoms with van der Waals surface area (Å²) < 4.78 is 0. The van der Waals surface area contributed by atoms with Crippen LogP contribution in [0.15, 0.2) is 0 Å². The first-order chi connectivity index (χ1) is 20.5. The number of likely N-dealkylation sites (tertiary alicyclic amines) is 2. The fourth-order valence-electron chi connectivity index (χ4n) is 6.40. The van der Waals surface area contributed by atoms with E-state index in [0.717, 1.165) is 32.1 Å². The number of ketones is 1. The lowest BCUT2D eigenvalue weighted by atomic mass is 9.84. The van der Waals surface area contributed by atoms with Crippen molar-refractivity contribution in [2.45, 2.75) is 118 Å². The molecule has 3 fully saturated rings. The Morgan fingerprint density at radius 2 is 1.43 bits per heavy atom. The Balaban J connectivity index is 1.80. The number of carbonyl (C=O) groups is 6. The Hall–Kier alpha value is -3.18. The number of hydrogen-bond donors (Lipinski definition) is 4. The summed E-state index contributed by atoms with van der Waals surface area (Å²) in [7, 11) is 0. The Morgan fingerprint density at radius 1 is 0.818 bits per heavy atom. The number of nitrogens with zero attached hydrogens (tertiary/aromatic N) is 2. The summed E-state index contributed by atoms with van der Waals surface area (Å²) in [6.45, 7) is 14.8. The van der Waals surface area contributed by atoms with Crippen LogP contribution in [0.4, 0.5) is 4.79 Å². The number of nitrogens with two attached hydrogens (primary N) is 1. The van der Waals surface area contributed by atoms with Gasteiger partial charge >= 0.3 is 6.03 Å². The van der Waals surface area contributed by atoms with Gasteiger partial charge in [0, 0.05) is 19.6 Å². The molecular weight excluding hydrogens is 564 g/mol. The number of amides is 6. The van der Waals surface area contributed by atoms with Crippen molar-refractivity contribution in [3.63, 3.8) is 0 Å². The molecule has 44 heavy (non-hydrogen) atoms. The molecule has 0 aromatic carbocycles. The van der Waals surface area contributed by atoms with Gasteiger partial charge in [0.05, 0.1) is 6.04 Å². The van der Waals surface area contributed by atoms with E-state index in [1.165, 1.54) is 4.90 Å². The molecular formula is C32H54N6O6. The van der Waals surface area contributed by atoms with E-state index in [1.54, 1.807) is 4.90 Å². The van der Waals surface area contributed by atoms with Gasteiger partial charge in [-0.2, -0.15) is 0 Å². The molecule has 1 saturated carbocycles. The van der Waals surface area contributed by atoms with Crippen molar-refractivity contribution in [2.75, 3.05) is 19.6 Å². The van der Waals surface area contributed by atoms with Crippen LogP contribution in [0.2, 0.25) is 0 Å². The summed E-state index contributed by atoms with van der Waals surface area (Å²) in [6.07, 6.45) is 5.69. The molecule has 1 aliphatic carbocycles. The number of rotatable bonds is 12. The van der Waals surface area contributed by atoms with Gasteiger partial charge in [0.25, 0.3) is 5.91 Å². The first kappa shape index (κ1) is 35.3. The van der Waals surface area contributed by atoms with Crippen LogP contribution in [0, 0.1) is 29.1 Å². The SMILES string of the molecule is CC(C)C1CCN(C(=O)[C@@H](NC(=O)N[C@H](C(=O)N2CCCCC2)C(C)C)C(C)(C)C)[C@@H]1C(=O)NC(CC1CC1)C(=O)C(N)=O. The average Bonchev–Trinajstić information content (AvgIpc) is 3.65. The lowest BCUT2D eigenvalue weighted by molar-refractivity contribution is -0.144. The van der Waals surface area contributed by atoms with Crippen LogP contribution >= 0.6 is 0 Å². The molecule has 3 rings (SSSR count). The summed E-state index contributed by atoms with van der Waals surface area (Å²) in [5.74, 6) is -3.04. The van der Waals surface area contributed by atoms with Crippen LogP contribution in [-0.2, 0) is 24.0 Å². The molecule has 0 radical (unpaired) electrons. The molecule has 5 atom stereocenters. The van der Waals surface area contributed by atoms with Gasteiger partial charge in [-0.3, -0.25) is 24.0 Å². The molecule has 3 aliphatic rings. The van der Waals surface area contributed by atoms with Crippen molar-refractivity contribution < 1.29 is 28.8 Å². The van der Waals surface area contributed by atoms with Gasteiger partial charge in [0.1, 0.15) is 18.1 Å². The number of Topliss-reactive ketones (excluding diaryl/α,β-unsaturated/α-hetero) is 1. The van der Waals surface area contributed by atoms with Crippen LogP contribution in [0.5, 0.6) is 0 Å². The monoisotopic (exact) mass is 618 g/mol. The highest BCUT2D eigenvalue weighted by atomic mass is 16.2. The van der Waals surface area contributed by atoms with Crippen molar-refractivity contribution in [1.29, 1.82) is 0 Å². The lowest BCUT2D eigenvalue weighted by Crippen LogP contribution is -2.62. The number of piperidine rings is 1. The third kappa shape index (κ3) is 8.94. The van der Waals surface area contributed by atoms with Crippen LogP contribution in [-0.4, -0.2) is 89.0 Å². The van der Waals surface area contributed by atoms with Crippen molar-refractivity contribution in [3.05, 3.63) is 0 Å². The van der Waals surface area contributed by atoms with Crippen molar-refractivity contribution in [2.24, 2.45) is 34.8 Å². The molecule has 5 N–H and O–H groups in total. The van der Waals surface area contributed by atoms with Crippen LogP contribution in [0.3, 0.4) is 0 Å². The molecule has 12 nitrogen and oxygen atoms in total. The van der Waals surface area contributed by atoms with E-state index >= 15 is 0 Å². The second-order valence-corrected chi connectivity index (χ2v) is 14.7. The minimum atomic E-state index is -1.10. The fraction of sp³-hybridized carbons (Fsp3) is 0.812. The second-order valence-electron chi connectivity index (χ2n) is 14.7. The molecule has 0 aromatic rings. The van der Waals surface area contributed by atoms with Crippen LogP contribution < -0.4 is 21.7 Å². The smallest absolute Gasteiger partial charge is 0.316 e. The largest absolute Gasteiger partial charge is 0.363 e. The third-order valence-electron chi connectivity index (χ3n) is 9.27. The molecule has 0 spiro atoms. The van der Waals surface area contributed by atoms with E-state index in [4.69, 9.17) is 5.73 Å². The first-order valence-electron chi connectivity index (χ1n) is 16.3. The van der Waals surface area contributed by atoms with Gasteiger partial charge in [-0.05, 0) is 61.2 Å². The highest BCUT2D eigenvalue weighted by Crippen LogP contribution is 2.35. The summed E-state index contributed by atoms with van der Waals surface area (Å²) in [6, 6.07) is -4.30. The lowest BCUT2D eigenvalue weighted by Gasteiger charge is -2.37. The maximum atomic E-state index is 14.2. The first-order valence-corrected chi connectivity index (χ1v) is 16.3. The van der Waals surface area contributed by atoms with Gasteiger partial charge in [-0.15, -0.1) is 0 Å². The van der Waals surface area contributed by atoms with Gasteiger partial charge in [-0.1, -0.05) is 61.3 Å². The Kier molecular flexibility index (Phi) is 11.8. The van der Waals surface area contributed by atoms with Gasteiger partial charge in [0.15, 0.2) is 0 Å². The molecule has 12 heteroatoms. The number of nitrogens with one attached hydrogen (secondary N) is 3. The van der Waals surface area contributed by atoms with E-state index in [1.807, 2.05) is 48.5 Å². The zero-order chi connectivity index (χ0) is 32.9. The van der Waals surface area contributed by atoms with Crippen molar-refractivity contribution in [3.8, 4) is 0 Å². The molecule has 2 aliphatic heterocycles. The maximum Gasteiger partial charge on any atom is 0.316 e. The Bertz CT molecular complexity index is 1090. The summed E-state index contributed by atoms with van der Waals surface area (Å²) in [4.78, 5) is 82.3. The van der Waals surface area contributed by atoms with Crippen molar-refractivity contribution in [1.82, 2.24) is 25.8 Å². The number of hydrogen-bond acceptors (Lipinski definition) is 6. The summed E-state index contributed by atoms with van der Waals surface area (Å²) in [5.41, 5.74) is 4.56. The average molecular weight is 619 g/mol. The highest BCUT2D eigenvalue weighted by molar-refractivity contribution is 6.37. The molecule has 0 aromatic heterocycles. The van der Waals surface area contributed by atoms with E-state index in [-0.39, 0.29) is 29.6 Å². The summed E-state index contributed by atoms with van der Waals surface area (Å²) in [5, 5.41) is 8.41. The molecule has 6 amide bonds. The zero-order valence-electron chi connectivity index (χ0n) is 27.6. The zero-order valence-corrected chi connectivity index (χ0v) is 27.6. The van der Waals surface area contributed by atoms with Gasteiger partial charge in [0.2, 0.25) is 23.5 Å². The minimum absolute atomic E-state index is 0.0502. The number of carbonyl (C=O) groups excluding carboxylic acids is 6. The highest BCUT2D eigenvalue weighted by Gasteiger charge is 2.48.